The maximum atomic E-state index is 13.0. The SMILES string of the molecule is CCc1ccc(CN2CCCC2C(=O)Nc2ccccc2Oc2cccnc2)o1. The van der Waals surface area contributed by atoms with Crippen molar-refractivity contribution in [3.05, 3.63) is 72.4 Å². The van der Waals surface area contributed by atoms with E-state index in [9.17, 15) is 4.79 Å². The molecule has 6 nitrogen and oxygen atoms in total. The van der Waals surface area contributed by atoms with Gasteiger partial charge in [-0.05, 0) is 55.8 Å². The van der Waals surface area contributed by atoms with Crippen molar-refractivity contribution < 1.29 is 13.9 Å². The van der Waals surface area contributed by atoms with E-state index in [-0.39, 0.29) is 11.9 Å². The molecule has 1 fully saturated rings. The summed E-state index contributed by atoms with van der Waals surface area (Å²) in [6, 6.07) is 14.9. The Bertz CT molecular complexity index is 955. The van der Waals surface area contributed by atoms with Crippen molar-refractivity contribution in [1.29, 1.82) is 0 Å². The number of para-hydroxylation sites is 2. The zero-order valence-electron chi connectivity index (χ0n) is 16.5. The van der Waals surface area contributed by atoms with Crippen molar-refractivity contribution in [2.45, 2.75) is 38.8 Å². The van der Waals surface area contributed by atoms with Gasteiger partial charge in [0.25, 0.3) is 0 Å². The molecule has 1 N–H and O–H groups in total. The van der Waals surface area contributed by atoms with Crippen LogP contribution in [0, 0.1) is 0 Å². The molecule has 0 saturated carbocycles. The number of nitrogens with one attached hydrogen (secondary N) is 1. The Morgan fingerprint density at radius 2 is 2.07 bits per heavy atom. The molecule has 2 aromatic heterocycles. The highest BCUT2D eigenvalue weighted by atomic mass is 16.5. The molecular formula is C23H25N3O3. The zero-order chi connectivity index (χ0) is 20.1. The molecule has 0 radical (unpaired) electrons. The van der Waals surface area contributed by atoms with Gasteiger partial charge in [0.1, 0.15) is 17.3 Å². The number of aromatic nitrogens is 1. The lowest BCUT2D eigenvalue weighted by molar-refractivity contribution is -0.120. The van der Waals surface area contributed by atoms with Crippen LogP contribution in [0.2, 0.25) is 0 Å². The molecule has 0 aliphatic carbocycles. The minimum absolute atomic E-state index is 0.0213. The second-order valence-electron chi connectivity index (χ2n) is 7.13. The Hall–Kier alpha value is -3.12. The maximum Gasteiger partial charge on any atom is 0.241 e. The average Bonchev–Trinajstić information content (AvgIpc) is 3.40. The molecule has 29 heavy (non-hydrogen) atoms. The molecule has 1 saturated heterocycles. The predicted molar refractivity (Wildman–Crippen MR) is 111 cm³/mol. The summed E-state index contributed by atoms with van der Waals surface area (Å²) in [5.74, 6) is 3.08. The van der Waals surface area contributed by atoms with E-state index in [0.29, 0.717) is 23.7 Å². The van der Waals surface area contributed by atoms with Crippen molar-refractivity contribution in [3.63, 3.8) is 0 Å². The number of aryl methyl sites for hydroxylation is 1. The number of likely N-dealkylation sites (tertiary alicyclic amines) is 1. The van der Waals surface area contributed by atoms with Crippen LogP contribution in [0.4, 0.5) is 5.69 Å². The van der Waals surface area contributed by atoms with E-state index in [0.717, 1.165) is 37.3 Å². The summed E-state index contributed by atoms with van der Waals surface area (Å²) < 4.78 is 11.7. The first kappa shape index (κ1) is 19.2. The molecule has 150 valence electrons. The van der Waals surface area contributed by atoms with Crippen LogP contribution in [0.1, 0.15) is 31.3 Å². The fourth-order valence-corrected chi connectivity index (χ4v) is 3.62. The van der Waals surface area contributed by atoms with Gasteiger partial charge in [-0.25, -0.2) is 0 Å². The number of anilines is 1. The number of hydrogen-bond donors (Lipinski definition) is 1. The van der Waals surface area contributed by atoms with E-state index in [2.05, 4.69) is 22.1 Å². The van der Waals surface area contributed by atoms with Crippen LogP contribution in [-0.4, -0.2) is 28.4 Å². The van der Waals surface area contributed by atoms with Crippen molar-refractivity contribution in [1.82, 2.24) is 9.88 Å². The largest absolute Gasteiger partial charge is 0.465 e. The third-order valence-electron chi connectivity index (χ3n) is 5.10. The molecule has 6 heteroatoms. The van der Waals surface area contributed by atoms with Crippen molar-refractivity contribution in [3.8, 4) is 11.5 Å². The van der Waals surface area contributed by atoms with Crippen LogP contribution in [-0.2, 0) is 17.8 Å². The van der Waals surface area contributed by atoms with Crippen LogP contribution in [0.25, 0.3) is 0 Å². The van der Waals surface area contributed by atoms with E-state index in [4.69, 9.17) is 9.15 Å². The van der Waals surface area contributed by atoms with E-state index >= 15 is 0 Å². The molecule has 1 amide bonds. The Kier molecular flexibility index (Phi) is 5.91. The monoisotopic (exact) mass is 391 g/mol. The summed E-state index contributed by atoms with van der Waals surface area (Å²) in [7, 11) is 0. The molecule has 1 aromatic carbocycles. The van der Waals surface area contributed by atoms with E-state index in [1.807, 2.05) is 48.5 Å². The summed E-state index contributed by atoms with van der Waals surface area (Å²) in [5.41, 5.74) is 0.652. The average molecular weight is 391 g/mol. The molecular weight excluding hydrogens is 366 g/mol. The zero-order valence-corrected chi connectivity index (χ0v) is 16.5. The van der Waals surface area contributed by atoms with Gasteiger partial charge in [-0.3, -0.25) is 14.7 Å². The van der Waals surface area contributed by atoms with Gasteiger partial charge < -0.3 is 14.5 Å². The summed E-state index contributed by atoms with van der Waals surface area (Å²) in [5, 5.41) is 3.05. The lowest BCUT2D eigenvalue weighted by Gasteiger charge is -2.23. The molecule has 1 aliphatic heterocycles. The number of carbonyl (C=O) groups excluding carboxylic acids is 1. The normalized spacial score (nSPS) is 16.7. The molecule has 1 unspecified atom stereocenters. The minimum Gasteiger partial charge on any atom is -0.465 e. The molecule has 0 bridgehead atoms. The highest BCUT2D eigenvalue weighted by molar-refractivity contribution is 5.96. The molecule has 1 aliphatic rings. The third-order valence-corrected chi connectivity index (χ3v) is 5.10. The molecule has 3 heterocycles. The van der Waals surface area contributed by atoms with Crippen molar-refractivity contribution in [2.75, 3.05) is 11.9 Å². The smallest absolute Gasteiger partial charge is 0.241 e. The first-order chi connectivity index (χ1) is 14.2. The van der Waals surface area contributed by atoms with Gasteiger partial charge in [0, 0.05) is 12.6 Å². The van der Waals surface area contributed by atoms with E-state index < -0.39 is 0 Å². The number of ether oxygens (including phenoxy) is 1. The lowest BCUT2D eigenvalue weighted by Crippen LogP contribution is -2.39. The van der Waals surface area contributed by atoms with Gasteiger partial charge in [0.05, 0.1) is 24.5 Å². The summed E-state index contributed by atoms with van der Waals surface area (Å²) in [4.78, 5) is 19.3. The Morgan fingerprint density at radius 3 is 2.86 bits per heavy atom. The number of pyridine rings is 1. The molecule has 1 atom stereocenters. The number of furan rings is 1. The van der Waals surface area contributed by atoms with Gasteiger partial charge in [-0.1, -0.05) is 19.1 Å². The van der Waals surface area contributed by atoms with Crippen LogP contribution < -0.4 is 10.1 Å². The summed E-state index contributed by atoms with van der Waals surface area (Å²) >= 11 is 0. The fourth-order valence-electron chi connectivity index (χ4n) is 3.62. The quantitative estimate of drug-likeness (QED) is 0.636. The van der Waals surface area contributed by atoms with Gasteiger partial charge in [0.15, 0.2) is 5.75 Å². The van der Waals surface area contributed by atoms with Gasteiger partial charge >= 0.3 is 0 Å². The maximum absolute atomic E-state index is 13.0. The topological polar surface area (TPSA) is 67.6 Å². The summed E-state index contributed by atoms with van der Waals surface area (Å²) in [6.45, 7) is 3.60. The Balaban J connectivity index is 1.44. The number of rotatable bonds is 7. The molecule has 3 aromatic rings. The van der Waals surface area contributed by atoms with E-state index in [1.54, 1.807) is 12.4 Å². The summed E-state index contributed by atoms with van der Waals surface area (Å²) in [6.07, 6.45) is 6.03. The predicted octanol–water partition coefficient (Wildman–Crippen LogP) is 4.63. The first-order valence-electron chi connectivity index (χ1n) is 10.0. The second kappa shape index (κ2) is 8.92. The Morgan fingerprint density at radius 1 is 1.21 bits per heavy atom. The van der Waals surface area contributed by atoms with Crippen LogP contribution >= 0.6 is 0 Å². The second-order valence-corrected chi connectivity index (χ2v) is 7.13. The highest BCUT2D eigenvalue weighted by Crippen LogP contribution is 2.30. The number of amides is 1. The van der Waals surface area contributed by atoms with Crippen LogP contribution in [0.15, 0.2) is 65.3 Å². The Labute approximate surface area is 170 Å². The van der Waals surface area contributed by atoms with Gasteiger partial charge in [0.2, 0.25) is 5.91 Å². The van der Waals surface area contributed by atoms with Gasteiger partial charge in [-0.2, -0.15) is 0 Å². The van der Waals surface area contributed by atoms with Crippen LogP contribution in [0.5, 0.6) is 11.5 Å². The number of nitrogens with zero attached hydrogens (tertiary/aromatic N) is 2. The number of hydrogen-bond acceptors (Lipinski definition) is 5. The van der Waals surface area contributed by atoms with Crippen molar-refractivity contribution >= 4 is 11.6 Å². The lowest BCUT2D eigenvalue weighted by atomic mass is 10.2. The van der Waals surface area contributed by atoms with E-state index in [1.165, 1.54) is 0 Å². The van der Waals surface area contributed by atoms with Gasteiger partial charge in [-0.15, -0.1) is 0 Å². The molecule has 4 rings (SSSR count). The first-order valence-corrected chi connectivity index (χ1v) is 10.0. The van der Waals surface area contributed by atoms with Crippen molar-refractivity contribution in [2.24, 2.45) is 0 Å². The standard InChI is InChI=1S/C23H25N3O3/c1-2-17-11-12-19(28-17)16-26-14-6-9-21(26)23(27)25-20-8-3-4-10-22(20)29-18-7-5-13-24-15-18/h3-5,7-8,10-13,15,21H,2,6,9,14,16H2,1H3,(H,25,27). The minimum atomic E-state index is -0.184. The third kappa shape index (κ3) is 4.66. The van der Waals surface area contributed by atoms with Crippen LogP contribution in [0.3, 0.4) is 0 Å². The molecule has 0 spiro atoms. The number of benzene rings is 1. The number of carbonyl (C=O) groups is 1. The fraction of sp³-hybridized carbons (Fsp3) is 0.304. The highest BCUT2D eigenvalue weighted by Gasteiger charge is 2.31.